The molecule has 3 amide bonds. The van der Waals surface area contributed by atoms with Gasteiger partial charge in [0.1, 0.15) is 0 Å². The summed E-state index contributed by atoms with van der Waals surface area (Å²) in [6, 6.07) is 7.20. The number of imide groups is 1. The van der Waals surface area contributed by atoms with Gasteiger partial charge in [0.15, 0.2) is 0 Å². The first-order valence-corrected chi connectivity index (χ1v) is 9.61. The van der Waals surface area contributed by atoms with Crippen LogP contribution < -0.4 is 5.32 Å². The summed E-state index contributed by atoms with van der Waals surface area (Å²) in [5, 5.41) is 7.29. The third-order valence-electron chi connectivity index (χ3n) is 4.58. The minimum Gasteiger partial charge on any atom is -0.352 e. The van der Waals surface area contributed by atoms with E-state index < -0.39 is 0 Å². The van der Waals surface area contributed by atoms with Crippen LogP contribution in [0, 0.1) is 13.8 Å². The lowest BCUT2D eigenvalue weighted by atomic mass is 10.2. The third kappa shape index (κ3) is 4.10. The van der Waals surface area contributed by atoms with Crippen LogP contribution in [0.1, 0.15) is 41.0 Å². The maximum absolute atomic E-state index is 12.3. The van der Waals surface area contributed by atoms with E-state index in [-0.39, 0.29) is 17.7 Å². The number of amides is 3. The molecule has 0 bridgehead atoms. The number of carbonyl (C=O) groups excluding carboxylic acids is 3. The minimum atomic E-state index is -0.185. The number of nitrogens with zero attached hydrogens (tertiary/aromatic N) is 3. The molecule has 1 aromatic carbocycles. The van der Waals surface area contributed by atoms with Crippen molar-refractivity contribution in [3.05, 3.63) is 45.7 Å². The highest BCUT2D eigenvalue weighted by Crippen LogP contribution is 2.23. The zero-order chi connectivity index (χ0) is 19.6. The first kappa shape index (κ1) is 19.3. The first-order valence-electron chi connectivity index (χ1n) is 8.82. The molecule has 1 aromatic heterocycles. The molecule has 0 saturated carbocycles. The van der Waals surface area contributed by atoms with Gasteiger partial charge in [0.25, 0.3) is 5.91 Å². The van der Waals surface area contributed by atoms with E-state index in [4.69, 9.17) is 0 Å². The van der Waals surface area contributed by atoms with Gasteiger partial charge in [-0.05, 0) is 60.5 Å². The van der Waals surface area contributed by atoms with Gasteiger partial charge in [-0.1, -0.05) is 0 Å². The van der Waals surface area contributed by atoms with E-state index in [0.29, 0.717) is 37.9 Å². The number of halogens is 1. The van der Waals surface area contributed by atoms with Gasteiger partial charge in [0.05, 0.1) is 21.5 Å². The molecule has 1 aliphatic rings. The number of rotatable bonds is 6. The van der Waals surface area contributed by atoms with Crippen LogP contribution in [0.4, 0.5) is 0 Å². The zero-order valence-corrected chi connectivity index (χ0v) is 16.9. The van der Waals surface area contributed by atoms with Gasteiger partial charge in [0.2, 0.25) is 11.8 Å². The Morgan fingerprint density at radius 3 is 2.33 bits per heavy atom. The summed E-state index contributed by atoms with van der Waals surface area (Å²) in [7, 11) is 0. The lowest BCUT2D eigenvalue weighted by Crippen LogP contribution is -2.33. The van der Waals surface area contributed by atoms with Gasteiger partial charge in [-0.2, -0.15) is 5.10 Å². The molecule has 0 atom stereocenters. The normalized spacial score (nSPS) is 14.1. The van der Waals surface area contributed by atoms with E-state index in [1.807, 2.05) is 30.7 Å². The first-order chi connectivity index (χ1) is 12.9. The molecule has 8 heteroatoms. The fourth-order valence-electron chi connectivity index (χ4n) is 3.04. The van der Waals surface area contributed by atoms with E-state index >= 15 is 0 Å². The summed E-state index contributed by atoms with van der Waals surface area (Å²) in [5.41, 5.74) is 3.33. The van der Waals surface area contributed by atoms with Crippen molar-refractivity contribution in [2.24, 2.45) is 0 Å². The highest BCUT2D eigenvalue weighted by molar-refractivity contribution is 9.10. The molecule has 0 unspecified atom stereocenters. The summed E-state index contributed by atoms with van der Waals surface area (Å²) in [6.45, 7) is 4.66. The van der Waals surface area contributed by atoms with E-state index in [0.717, 1.165) is 21.5 Å². The fourth-order valence-corrected chi connectivity index (χ4v) is 3.29. The Hall–Kier alpha value is -2.48. The number of hydrogen-bond acceptors (Lipinski definition) is 4. The highest BCUT2D eigenvalue weighted by Gasteiger charge is 2.27. The number of aromatic nitrogens is 2. The van der Waals surface area contributed by atoms with Crippen molar-refractivity contribution >= 4 is 33.7 Å². The SMILES string of the molecule is Cc1nn(-c2ccc(C(=O)NCCCN3C(=O)CCC3=O)cc2)c(C)c1Br. The molecule has 1 fully saturated rings. The number of carbonyl (C=O) groups is 3. The van der Waals surface area contributed by atoms with Gasteiger partial charge in [0, 0.05) is 31.5 Å². The van der Waals surface area contributed by atoms with Crippen LogP contribution in [0.25, 0.3) is 5.69 Å². The quantitative estimate of drug-likeness (QED) is 0.561. The monoisotopic (exact) mass is 432 g/mol. The van der Waals surface area contributed by atoms with E-state index in [9.17, 15) is 14.4 Å². The average Bonchev–Trinajstić information content (AvgIpc) is 3.12. The van der Waals surface area contributed by atoms with Crippen LogP contribution in [0.5, 0.6) is 0 Å². The standard InChI is InChI=1S/C19H21BrN4O3/c1-12-18(20)13(2)24(22-12)15-6-4-14(5-7-15)19(27)21-10-3-11-23-16(25)8-9-17(23)26/h4-7H,3,8-11H2,1-2H3,(H,21,27). The van der Waals surface area contributed by atoms with Crippen molar-refractivity contribution in [2.45, 2.75) is 33.1 Å². The number of aryl methyl sites for hydroxylation is 1. The summed E-state index contributed by atoms with van der Waals surface area (Å²) >= 11 is 3.51. The van der Waals surface area contributed by atoms with Crippen LogP contribution >= 0.6 is 15.9 Å². The molecule has 2 heterocycles. The molecule has 7 nitrogen and oxygen atoms in total. The second-order valence-electron chi connectivity index (χ2n) is 6.49. The lowest BCUT2D eigenvalue weighted by molar-refractivity contribution is -0.138. The zero-order valence-electron chi connectivity index (χ0n) is 15.3. The largest absolute Gasteiger partial charge is 0.352 e. The third-order valence-corrected chi connectivity index (χ3v) is 5.72. The molecule has 1 N–H and O–H groups in total. The Morgan fingerprint density at radius 1 is 1.15 bits per heavy atom. The van der Waals surface area contributed by atoms with Crippen LogP contribution in [0.15, 0.2) is 28.7 Å². The van der Waals surface area contributed by atoms with Crippen LogP contribution in [-0.2, 0) is 9.59 Å². The van der Waals surface area contributed by atoms with Crippen LogP contribution in [0.3, 0.4) is 0 Å². The summed E-state index contributed by atoms with van der Waals surface area (Å²) in [6.07, 6.45) is 1.13. The maximum atomic E-state index is 12.3. The second-order valence-corrected chi connectivity index (χ2v) is 7.29. The van der Waals surface area contributed by atoms with Crippen molar-refractivity contribution in [1.82, 2.24) is 20.0 Å². The number of likely N-dealkylation sites (tertiary alicyclic amines) is 1. The Kier molecular flexibility index (Phi) is 5.74. The van der Waals surface area contributed by atoms with Gasteiger partial charge < -0.3 is 5.32 Å². The molecule has 27 heavy (non-hydrogen) atoms. The summed E-state index contributed by atoms with van der Waals surface area (Å²) in [4.78, 5) is 36.6. The minimum absolute atomic E-state index is 0.127. The Balaban J connectivity index is 1.54. The number of benzene rings is 1. The van der Waals surface area contributed by atoms with E-state index in [1.54, 1.807) is 12.1 Å². The molecule has 0 radical (unpaired) electrons. The molecule has 142 valence electrons. The van der Waals surface area contributed by atoms with Gasteiger partial charge in [-0.3, -0.25) is 19.3 Å². The summed E-state index contributed by atoms with van der Waals surface area (Å²) < 4.78 is 2.80. The van der Waals surface area contributed by atoms with E-state index in [2.05, 4.69) is 26.3 Å². The van der Waals surface area contributed by atoms with Crippen molar-refractivity contribution in [3.63, 3.8) is 0 Å². The van der Waals surface area contributed by atoms with Gasteiger partial charge in [-0.25, -0.2) is 4.68 Å². The molecule has 1 saturated heterocycles. The molecule has 2 aromatic rings. The molecule has 3 rings (SSSR count). The molecule has 1 aliphatic heterocycles. The predicted molar refractivity (Wildman–Crippen MR) is 104 cm³/mol. The molecule has 0 spiro atoms. The average molecular weight is 433 g/mol. The predicted octanol–water partition coefficient (Wildman–Crippen LogP) is 2.52. The Labute approximate surface area is 165 Å². The molecular formula is C19H21BrN4O3. The van der Waals surface area contributed by atoms with Gasteiger partial charge in [-0.15, -0.1) is 0 Å². The molecular weight excluding hydrogens is 412 g/mol. The molecule has 0 aliphatic carbocycles. The van der Waals surface area contributed by atoms with Crippen LogP contribution in [-0.4, -0.2) is 45.5 Å². The lowest BCUT2D eigenvalue weighted by Gasteiger charge is -2.13. The Morgan fingerprint density at radius 2 is 1.78 bits per heavy atom. The van der Waals surface area contributed by atoms with Crippen molar-refractivity contribution in [1.29, 1.82) is 0 Å². The Bertz CT molecular complexity index is 873. The highest BCUT2D eigenvalue weighted by atomic mass is 79.9. The summed E-state index contributed by atoms with van der Waals surface area (Å²) in [5.74, 6) is -0.439. The smallest absolute Gasteiger partial charge is 0.251 e. The number of hydrogen-bond donors (Lipinski definition) is 1. The second kappa shape index (κ2) is 8.04. The maximum Gasteiger partial charge on any atom is 0.251 e. The fraction of sp³-hybridized carbons (Fsp3) is 0.368. The van der Waals surface area contributed by atoms with Crippen molar-refractivity contribution < 1.29 is 14.4 Å². The van der Waals surface area contributed by atoms with Gasteiger partial charge >= 0.3 is 0 Å². The topological polar surface area (TPSA) is 84.3 Å². The van der Waals surface area contributed by atoms with Crippen LogP contribution in [0.2, 0.25) is 0 Å². The van der Waals surface area contributed by atoms with Crippen molar-refractivity contribution in [2.75, 3.05) is 13.1 Å². The van der Waals surface area contributed by atoms with E-state index in [1.165, 1.54) is 4.90 Å². The number of nitrogens with one attached hydrogen (secondary N) is 1. The van der Waals surface area contributed by atoms with Crippen molar-refractivity contribution in [3.8, 4) is 5.69 Å².